The van der Waals surface area contributed by atoms with Crippen LogP contribution in [0.25, 0.3) is 0 Å². The van der Waals surface area contributed by atoms with Crippen molar-refractivity contribution >= 4 is 9.84 Å². The first-order valence-corrected chi connectivity index (χ1v) is 8.43. The maximum absolute atomic E-state index is 11.6. The van der Waals surface area contributed by atoms with E-state index in [2.05, 4.69) is 5.32 Å². The first-order valence-electron chi connectivity index (χ1n) is 6.61. The zero-order valence-electron chi connectivity index (χ0n) is 11.4. The van der Waals surface area contributed by atoms with Gasteiger partial charge in [0.1, 0.15) is 5.75 Å². The van der Waals surface area contributed by atoms with Crippen LogP contribution in [-0.4, -0.2) is 33.1 Å². The Labute approximate surface area is 115 Å². The summed E-state index contributed by atoms with van der Waals surface area (Å²) in [6.07, 6.45) is 1.66. The first-order chi connectivity index (χ1) is 9.02. The summed E-state index contributed by atoms with van der Waals surface area (Å²) in [5, 5.41) is 3.41. The van der Waals surface area contributed by atoms with Crippen molar-refractivity contribution in [1.82, 2.24) is 5.32 Å². The summed E-state index contributed by atoms with van der Waals surface area (Å²) in [4.78, 5) is 0. The fourth-order valence-electron chi connectivity index (χ4n) is 2.62. The lowest BCUT2D eigenvalue weighted by Gasteiger charge is -2.27. The van der Waals surface area contributed by atoms with Gasteiger partial charge >= 0.3 is 0 Å². The quantitative estimate of drug-likeness (QED) is 0.917. The topological polar surface area (TPSA) is 55.4 Å². The molecule has 0 amide bonds. The highest BCUT2D eigenvalue weighted by Gasteiger charge is 2.26. The summed E-state index contributed by atoms with van der Waals surface area (Å²) in [7, 11) is -1.22. The molecule has 0 spiro atoms. The van der Waals surface area contributed by atoms with Crippen molar-refractivity contribution in [2.45, 2.75) is 31.8 Å². The predicted octanol–water partition coefficient (Wildman–Crippen LogP) is 1.92. The fourth-order valence-corrected chi connectivity index (χ4v) is 4.27. The number of nitrogens with one attached hydrogen (secondary N) is 1. The van der Waals surface area contributed by atoms with E-state index in [9.17, 15) is 8.42 Å². The molecule has 2 rings (SSSR count). The molecule has 1 heterocycles. The molecule has 0 radical (unpaired) electrons. The van der Waals surface area contributed by atoms with E-state index in [1.807, 2.05) is 31.2 Å². The van der Waals surface area contributed by atoms with Crippen LogP contribution in [0, 0.1) is 0 Å². The van der Waals surface area contributed by atoms with Gasteiger partial charge in [0.15, 0.2) is 9.84 Å². The lowest BCUT2D eigenvalue weighted by Crippen LogP contribution is -2.41. The number of methoxy groups -OCH3 is 1. The second-order valence-corrected chi connectivity index (χ2v) is 7.31. The average Bonchev–Trinajstić information content (AvgIpc) is 2.37. The molecule has 1 aromatic carbocycles. The normalized spacial score (nSPS) is 23.8. The number of ether oxygens (including phenoxy) is 1. The maximum atomic E-state index is 11.6. The molecule has 1 fully saturated rings. The number of benzene rings is 1. The Morgan fingerprint density at radius 2 is 2.11 bits per heavy atom. The highest BCUT2D eigenvalue weighted by molar-refractivity contribution is 7.91. The van der Waals surface area contributed by atoms with E-state index in [1.165, 1.54) is 0 Å². The first kappa shape index (κ1) is 14.3. The van der Waals surface area contributed by atoms with Crippen molar-refractivity contribution in [3.05, 3.63) is 29.8 Å². The minimum absolute atomic E-state index is 0.0404. The molecule has 1 aliphatic heterocycles. The summed E-state index contributed by atoms with van der Waals surface area (Å²) in [6, 6.07) is 7.94. The van der Waals surface area contributed by atoms with E-state index in [0.29, 0.717) is 5.75 Å². The average molecular weight is 283 g/mol. The molecule has 5 heteroatoms. The molecule has 2 unspecified atom stereocenters. The predicted molar refractivity (Wildman–Crippen MR) is 76.2 cm³/mol. The van der Waals surface area contributed by atoms with Crippen LogP contribution in [0.3, 0.4) is 0 Å². The van der Waals surface area contributed by atoms with Crippen LogP contribution in [0.5, 0.6) is 5.75 Å². The van der Waals surface area contributed by atoms with Gasteiger partial charge in [0, 0.05) is 17.6 Å². The Bertz CT molecular complexity index is 527. The Morgan fingerprint density at radius 3 is 2.79 bits per heavy atom. The van der Waals surface area contributed by atoms with E-state index in [-0.39, 0.29) is 17.8 Å². The van der Waals surface area contributed by atoms with Crippen molar-refractivity contribution in [2.24, 2.45) is 0 Å². The van der Waals surface area contributed by atoms with Crippen LogP contribution in [0.2, 0.25) is 0 Å². The number of hydrogen-bond acceptors (Lipinski definition) is 4. The van der Waals surface area contributed by atoms with Gasteiger partial charge < -0.3 is 10.1 Å². The Kier molecular flexibility index (Phi) is 4.47. The van der Waals surface area contributed by atoms with E-state index in [0.717, 1.165) is 24.2 Å². The van der Waals surface area contributed by atoms with Gasteiger partial charge in [-0.2, -0.15) is 0 Å². The van der Waals surface area contributed by atoms with E-state index >= 15 is 0 Å². The number of para-hydroxylation sites is 1. The molecule has 0 aliphatic carbocycles. The van der Waals surface area contributed by atoms with Gasteiger partial charge in [-0.1, -0.05) is 18.2 Å². The van der Waals surface area contributed by atoms with Crippen molar-refractivity contribution < 1.29 is 13.2 Å². The maximum Gasteiger partial charge on any atom is 0.151 e. The van der Waals surface area contributed by atoms with Crippen LogP contribution in [0.4, 0.5) is 0 Å². The van der Waals surface area contributed by atoms with Gasteiger partial charge in [0.2, 0.25) is 0 Å². The van der Waals surface area contributed by atoms with Gasteiger partial charge in [-0.25, -0.2) is 8.42 Å². The molecule has 0 saturated carbocycles. The molecule has 1 N–H and O–H groups in total. The highest BCUT2D eigenvalue weighted by atomic mass is 32.2. The summed E-state index contributed by atoms with van der Waals surface area (Å²) >= 11 is 0. The van der Waals surface area contributed by atoms with Gasteiger partial charge in [-0.3, -0.25) is 0 Å². The van der Waals surface area contributed by atoms with Gasteiger partial charge in [0.05, 0.1) is 18.6 Å². The Morgan fingerprint density at radius 1 is 1.37 bits per heavy atom. The molecule has 106 valence electrons. The molecule has 1 aliphatic rings. The van der Waals surface area contributed by atoms with Crippen LogP contribution < -0.4 is 10.1 Å². The van der Waals surface area contributed by atoms with Gasteiger partial charge in [-0.05, 0) is 25.8 Å². The van der Waals surface area contributed by atoms with E-state index < -0.39 is 9.84 Å². The van der Waals surface area contributed by atoms with Crippen LogP contribution >= 0.6 is 0 Å². The number of sulfone groups is 1. The Balaban J connectivity index is 2.06. The molecule has 2 atom stereocenters. The minimum atomic E-state index is -2.87. The zero-order chi connectivity index (χ0) is 13.9. The van der Waals surface area contributed by atoms with Crippen LogP contribution in [0.15, 0.2) is 24.3 Å². The van der Waals surface area contributed by atoms with Crippen molar-refractivity contribution in [2.75, 3.05) is 18.6 Å². The summed E-state index contributed by atoms with van der Waals surface area (Å²) in [6.45, 7) is 2.04. The monoisotopic (exact) mass is 283 g/mol. The van der Waals surface area contributed by atoms with Crippen molar-refractivity contribution in [3.8, 4) is 5.75 Å². The summed E-state index contributed by atoms with van der Waals surface area (Å²) < 4.78 is 28.6. The third-order valence-corrected chi connectivity index (χ3v) is 5.38. The fraction of sp³-hybridized carbons (Fsp3) is 0.571. The van der Waals surface area contributed by atoms with Crippen LogP contribution in [0.1, 0.15) is 31.4 Å². The number of hydrogen-bond donors (Lipinski definition) is 1. The second kappa shape index (κ2) is 5.92. The molecule has 0 bridgehead atoms. The van der Waals surface area contributed by atoms with Gasteiger partial charge in [0.25, 0.3) is 0 Å². The third-order valence-electron chi connectivity index (χ3n) is 3.55. The standard InChI is InChI=1S/C14H21NO3S/c1-11(13-7-3-4-8-14(13)18-2)15-12-6-5-9-19(16,17)10-12/h3-4,7-8,11-12,15H,5-6,9-10H2,1-2H3. The smallest absolute Gasteiger partial charge is 0.151 e. The lowest BCUT2D eigenvalue weighted by atomic mass is 10.1. The van der Waals surface area contributed by atoms with Crippen molar-refractivity contribution in [1.29, 1.82) is 0 Å². The molecular weight excluding hydrogens is 262 g/mol. The molecule has 1 saturated heterocycles. The summed E-state index contributed by atoms with van der Waals surface area (Å²) in [5.74, 6) is 1.40. The lowest BCUT2D eigenvalue weighted by molar-refractivity contribution is 0.390. The Hall–Kier alpha value is -1.07. The largest absolute Gasteiger partial charge is 0.496 e. The summed E-state index contributed by atoms with van der Waals surface area (Å²) in [5.41, 5.74) is 1.06. The van der Waals surface area contributed by atoms with E-state index in [1.54, 1.807) is 7.11 Å². The SMILES string of the molecule is COc1ccccc1C(C)NC1CCCS(=O)(=O)C1. The minimum Gasteiger partial charge on any atom is -0.496 e. The van der Waals surface area contributed by atoms with Crippen molar-refractivity contribution in [3.63, 3.8) is 0 Å². The molecular formula is C14H21NO3S. The van der Waals surface area contributed by atoms with Gasteiger partial charge in [-0.15, -0.1) is 0 Å². The number of rotatable bonds is 4. The third kappa shape index (κ3) is 3.70. The van der Waals surface area contributed by atoms with Crippen LogP contribution in [-0.2, 0) is 9.84 Å². The molecule has 4 nitrogen and oxygen atoms in total. The molecule has 1 aromatic rings. The zero-order valence-corrected chi connectivity index (χ0v) is 12.2. The highest BCUT2D eigenvalue weighted by Crippen LogP contribution is 2.25. The van der Waals surface area contributed by atoms with E-state index in [4.69, 9.17) is 4.74 Å². The molecule has 0 aromatic heterocycles. The molecule has 19 heavy (non-hydrogen) atoms. The second-order valence-electron chi connectivity index (χ2n) is 5.08.